The summed E-state index contributed by atoms with van der Waals surface area (Å²) >= 11 is 0. The summed E-state index contributed by atoms with van der Waals surface area (Å²) in [6, 6.07) is 72.9. The predicted octanol–water partition coefficient (Wildman–Crippen LogP) is 15.8. The van der Waals surface area contributed by atoms with Crippen LogP contribution < -0.4 is 0 Å². The topological polar surface area (TPSA) is 77.3 Å². The smallest absolute Gasteiger partial charge is 0.164 e. The van der Waals surface area contributed by atoms with Crippen LogP contribution in [0.15, 0.2) is 206 Å². The van der Waals surface area contributed by atoms with Crippen LogP contribution in [0.1, 0.15) is 50.7 Å². The first-order valence-corrected chi connectivity index (χ1v) is 25.2. The summed E-state index contributed by atoms with van der Waals surface area (Å²) in [7, 11) is 0. The summed E-state index contributed by atoms with van der Waals surface area (Å²) in [5, 5.41) is 0. The van der Waals surface area contributed by atoms with E-state index >= 15 is 0 Å². The van der Waals surface area contributed by atoms with Gasteiger partial charge in [-0.1, -0.05) is 220 Å². The molecule has 2 aromatic heterocycles. The molecule has 13 rings (SSSR count). The molecule has 2 fully saturated rings. The van der Waals surface area contributed by atoms with Crippen molar-refractivity contribution in [1.29, 1.82) is 0 Å². The molecule has 4 unspecified atom stereocenters. The van der Waals surface area contributed by atoms with E-state index in [0.717, 1.165) is 39.3 Å². The molecule has 10 aromatic rings. The Balaban J connectivity index is 0.940. The number of benzene rings is 8. The third-order valence-electron chi connectivity index (χ3n) is 15.7. The van der Waals surface area contributed by atoms with Crippen LogP contribution in [-0.2, 0) is 5.41 Å². The lowest BCUT2D eigenvalue weighted by molar-refractivity contribution is 0.0426. The van der Waals surface area contributed by atoms with Crippen molar-refractivity contribution in [2.24, 2.45) is 23.7 Å². The van der Waals surface area contributed by atoms with Gasteiger partial charge in [-0.25, -0.2) is 29.9 Å². The van der Waals surface area contributed by atoms with Crippen LogP contribution in [0.25, 0.3) is 102 Å². The van der Waals surface area contributed by atoms with Gasteiger partial charge >= 0.3 is 0 Å². The van der Waals surface area contributed by atoms with Crippen molar-refractivity contribution in [2.45, 2.75) is 44.9 Å². The van der Waals surface area contributed by atoms with E-state index in [0.29, 0.717) is 52.7 Å². The Kier molecular flexibility index (Phi) is 10.6. The molecule has 2 heterocycles. The minimum absolute atomic E-state index is 0.0825. The van der Waals surface area contributed by atoms with Crippen LogP contribution in [0.4, 0.5) is 0 Å². The molecule has 2 bridgehead atoms. The largest absolute Gasteiger partial charge is 0.208 e. The number of hydrogen-bond acceptors (Lipinski definition) is 6. The molecule has 8 aromatic carbocycles. The lowest BCUT2D eigenvalue weighted by Crippen LogP contribution is -2.49. The molecule has 0 aliphatic heterocycles. The SMILES string of the molecule is CC1CC2CC(C)C3(c4cccc(-c5ccc(-c6nc(-c7ccccc7)nc(-c7ccccc7)n6)cc5)c4-c4c(-c5ccc(-c6nc(-c7ccccc7)nc(-c7ccccc7)n6)cc5)cccc43)C(C1)C2. The highest BCUT2D eigenvalue weighted by Gasteiger charge is 2.57. The Morgan fingerprint density at radius 1 is 0.310 bits per heavy atom. The van der Waals surface area contributed by atoms with Gasteiger partial charge in [0.05, 0.1) is 0 Å². The van der Waals surface area contributed by atoms with Gasteiger partial charge in [-0.15, -0.1) is 0 Å². The van der Waals surface area contributed by atoms with Crippen molar-refractivity contribution < 1.29 is 0 Å². The van der Waals surface area contributed by atoms with Gasteiger partial charge in [0.2, 0.25) is 0 Å². The fourth-order valence-corrected chi connectivity index (χ4v) is 12.8. The van der Waals surface area contributed by atoms with E-state index in [4.69, 9.17) is 29.9 Å². The predicted molar refractivity (Wildman–Crippen MR) is 287 cm³/mol. The minimum atomic E-state index is -0.0825. The van der Waals surface area contributed by atoms with E-state index in [1.54, 1.807) is 0 Å². The number of fused-ring (bicyclic) bond motifs is 8. The van der Waals surface area contributed by atoms with Crippen molar-refractivity contribution >= 4 is 0 Å². The summed E-state index contributed by atoms with van der Waals surface area (Å²) in [6.07, 6.45) is 5.13. The van der Waals surface area contributed by atoms with E-state index in [1.807, 2.05) is 72.8 Å². The van der Waals surface area contributed by atoms with E-state index in [1.165, 1.54) is 70.2 Å². The first-order chi connectivity index (χ1) is 35.0. The van der Waals surface area contributed by atoms with Crippen molar-refractivity contribution in [2.75, 3.05) is 0 Å². The highest BCUT2D eigenvalue weighted by molar-refractivity contribution is 6.00. The fourth-order valence-electron chi connectivity index (χ4n) is 12.8. The van der Waals surface area contributed by atoms with Crippen molar-refractivity contribution in [1.82, 2.24) is 29.9 Å². The minimum Gasteiger partial charge on any atom is -0.208 e. The highest BCUT2D eigenvalue weighted by atomic mass is 15.0. The number of aromatic nitrogens is 6. The Morgan fingerprint density at radius 3 is 0.986 bits per heavy atom. The maximum Gasteiger partial charge on any atom is 0.164 e. The molecule has 0 N–H and O–H groups in total. The summed E-state index contributed by atoms with van der Waals surface area (Å²) < 4.78 is 0. The van der Waals surface area contributed by atoms with Crippen molar-refractivity contribution in [3.05, 3.63) is 217 Å². The summed E-state index contributed by atoms with van der Waals surface area (Å²) in [5.41, 5.74) is 16.2. The van der Waals surface area contributed by atoms with Crippen LogP contribution >= 0.6 is 0 Å². The van der Waals surface area contributed by atoms with Gasteiger partial charge in [-0.2, -0.15) is 0 Å². The van der Waals surface area contributed by atoms with Gasteiger partial charge in [0.15, 0.2) is 34.9 Å². The quantitative estimate of drug-likeness (QED) is 0.151. The lowest BCUT2D eigenvalue weighted by Gasteiger charge is -2.54. The second kappa shape index (κ2) is 17.6. The normalized spacial score (nSPS) is 18.5. The Bertz CT molecular complexity index is 3220. The van der Waals surface area contributed by atoms with Crippen LogP contribution in [0, 0.1) is 23.7 Å². The van der Waals surface area contributed by atoms with E-state index in [2.05, 4.69) is 147 Å². The van der Waals surface area contributed by atoms with Crippen LogP contribution in [0.2, 0.25) is 0 Å². The summed E-state index contributed by atoms with van der Waals surface area (Å²) in [6.45, 7) is 5.05. The standard InChI is InChI=1S/C65H52N6/c1-41-37-43-39-42(2)65(52(38-41)40-43)55-27-15-25-53(44-29-33-50(34-30-44)63-68-59(46-17-7-3-8-18-46)66-60(69-63)47-19-9-4-10-20-47)57(55)58-54(26-16-28-56(58)65)45-31-35-51(36-32-45)64-70-61(48-21-11-5-12-22-48)67-62(71-64)49-23-13-6-14-24-49/h3-36,41-43,52H,37-40H2,1-2H3. The molecule has 0 amide bonds. The van der Waals surface area contributed by atoms with E-state index in [9.17, 15) is 0 Å². The second-order valence-corrected chi connectivity index (χ2v) is 20.1. The zero-order chi connectivity index (χ0) is 47.5. The van der Waals surface area contributed by atoms with Crippen LogP contribution in [0.3, 0.4) is 0 Å². The molecule has 342 valence electrons. The number of hydrogen-bond donors (Lipinski definition) is 0. The molecule has 1 spiro atoms. The van der Waals surface area contributed by atoms with Gasteiger partial charge in [0.25, 0.3) is 0 Å². The zero-order valence-electron chi connectivity index (χ0n) is 40.0. The lowest BCUT2D eigenvalue weighted by atomic mass is 9.49. The third kappa shape index (κ3) is 7.48. The fraction of sp³-hybridized carbons (Fsp3) is 0.169. The average molecular weight is 917 g/mol. The highest BCUT2D eigenvalue weighted by Crippen LogP contribution is 2.66. The molecule has 2 saturated carbocycles. The molecule has 4 atom stereocenters. The Morgan fingerprint density at radius 2 is 0.634 bits per heavy atom. The van der Waals surface area contributed by atoms with Crippen LogP contribution in [-0.4, -0.2) is 29.9 Å². The van der Waals surface area contributed by atoms with E-state index in [-0.39, 0.29) is 5.41 Å². The molecule has 6 nitrogen and oxygen atoms in total. The zero-order valence-corrected chi connectivity index (χ0v) is 40.0. The van der Waals surface area contributed by atoms with Crippen molar-refractivity contribution in [3.63, 3.8) is 0 Å². The van der Waals surface area contributed by atoms with Gasteiger partial charge in [0, 0.05) is 38.8 Å². The van der Waals surface area contributed by atoms with E-state index < -0.39 is 0 Å². The summed E-state index contributed by atoms with van der Waals surface area (Å²) in [5.74, 6) is 6.49. The third-order valence-corrected chi connectivity index (χ3v) is 15.7. The second-order valence-electron chi connectivity index (χ2n) is 20.1. The molecule has 0 saturated heterocycles. The van der Waals surface area contributed by atoms with Crippen molar-refractivity contribution in [3.8, 4) is 102 Å². The van der Waals surface area contributed by atoms with Gasteiger partial charge < -0.3 is 0 Å². The molecule has 3 aliphatic carbocycles. The average Bonchev–Trinajstić information content (AvgIpc) is 3.77. The molecule has 3 aliphatic rings. The van der Waals surface area contributed by atoms with Gasteiger partial charge in [-0.05, 0) is 93.9 Å². The molecule has 71 heavy (non-hydrogen) atoms. The number of rotatable bonds is 8. The maximum absolute atomic E-state index is 5.06. The molecular formula is C65H52N6. The molecule has 0 radical (unpaired) electrons. The van der Waals surface area contributed by atoms with Gasteiger partial charge in [0.1, 0.15) is 0 Å². The first kappa shape index (κ1) is 42.8. The Hall–Kier alpha value is -8.22. The molecular weight excluding hydrogens is 865 g/mol. The Labute approximate surface area is 415 Å². The molecule has 6 heteroatoms. The van der Waals surface area contributed by atoms with Gasteiger partial charge in [-0.3, -0.25) is 0 Å². The van der Waals surface area contributed by atoms with Crippen LogP contribution in [0.5, 0.6) is 0 Å². The maximum atomic E-state index is 5.06. The first-order valence-electron chi connectivity index (χ1n) is 25.2. The monoisotopic (exact) mass is 916 g/mol. The number of nitrogens with zero attached hydrogens (tertiary/aromatic N) is 6. The summed E-state index contributed by atoms with van der Waals surface area (Å²) in [4.78, 5) is 30.2.